The minimum Gasteiger partial charge on any atom is -0.497 e. The number of methoxy groups -OCH3 is 1. The fraction of sp³-hybridized carbons (Fsp3) is 0.400. The molecule has 0 radical (unpaired) electrons. The van der Waals surface area contributed by atoms with Crippen LogP contribution in [-0.2, 0) is 16.1 Å². The number of rotatable bonds is 12. The largest absolute Gasteiger partial charge is 0.497 e. The van der Waals surface area contributed by atoms with Crippen LogP contribution in [0.1, 0.15) is 37.0 Å². The second-order valence-corrected chi connectivity index (χ2v) is 8.78. The van der Waals surface area contributed by atoms with Crippen LogP contribution in [0.3, 0.4) is 0 Å². The zero-order valence-corrected chi connectivity index (χ0v) is 20.6. The van der Waals surface area contributed by atoms with E-state index >= 15 is 0 Å². The van der Waals surface area contributed by atoms with Crippen molar-refractivity contribution >= 4 is 29.1 Å². The van der Waals surface area contributed by atoms with Gasteiger partial charge in [-0.1, -0.05) is 60.8 Å². The predicted octanol–water partition coefficient (Wildman–Crippen LogP) is 5.13. The summed E-state index contributed by atoms with van der Waals surface area (Å²) >= 11 is 12.9. The number of unbranched alkanes of at least 4 members (excludes halogenated alkanes) is 1. The van der Waals surface area contributed by atoms with Crippen molar-refractivity contribution in [2.45, 2.75) is 37.9 Å². The normalized spacial score (nSPS) is 14.9. The third kappa shape index (κ3) is 7.56. The van der Waals surface area contributed by atoms with Crippen LogP contribution in [0.5, 0.6) is 5.75 Å². The number of alkyl halides is 1. The first-order valence-electron chi connectivity index (χ1n) is 11.1. The van der Waals surface area contributed by atoms with Gasteiger partial charge in [0, 0.05) is 30.6 Å². The molecule has 178 valence electrons. The Morgan fingerprint density at radius 1 is 1.12 bits per heavy atom. The summed E-state index contributed by atoms with van der Waals surface area (Å²) in [4.78, 5) is 16.3. The molecule has 2 aromatic rings. The first-order valence-corrected chi connectivity index (χ1v) is 11.9. The first-order chi connectivity index (χ1) is 16.0. The molecular formula is C25H31Cl2N3O3. The van der Waals surface area contributed by atoms with Crippen LogP contribution >= 0.6 is 23.2 Å². The summed E-state index contributed by atoms with van der Waals surface area (Å²) in [5.41, 5.74) is 1.56. The monoisotopic (exact) mass is 491 g/mol. The Bertz CT molecular complexity index is 906. The third-order valence-corrected chi connectivity index (χ3v) is 6.10. The minimum absolute atomic E-state index is 0.0584. The molecule has 0 aliphatic carbocycles. The maximum absolute atomic E-state index is 12.4. The molecule has 1 amide bonds. The number of hydrogen-bond donors (Lipinski definition) is 1. The Morgan fingerprint density at radius 2 is 1.85 bits per heavy atom. The van der Waals surface area contributed by atoms with Crippen LogP contribution in [0.25, 0.3) is 0 Å². The molecule has 1 aliphatic rings. The zero-order valence-electron chi connectivity index (χ0n) is 19.0. The standard InChI is InChI=1S/C25H31Cl2N3O3/c1-3-4-15-33-24(20-7-9-21(26)10-8-20)25(27)30-14-13-29(18-30)17-23(31)28-16-19-5-11-22(32-2)12-6-19/h5-14,24-25H,3-4,15-18H2,1-2H3,(H,28,31). The van der Waals surface area contributed by atoms with Crippen molar-refractivity contribution in [1.82, 2.24) is 15.1 Å². The zero-order chi connectivity index (χ0) is 23.6. The van der Waals surface area contributed by atoms with Gasteiger partial charge in [-0.2, -0.15) is 0 Å². The number of halogens is 2. The molecule has 0 aromatic heterocycles. The molecule has 2 unspecified atom stereocenters. The average Bonchev–Trinajstić information content (AvgIpc) is 3.30. The van der Waals surface area contributed by atoms with Crippen LogP contribution in [0.15, 0.2) is 60.9 Å². The number of carbonyl (C=O) groups excluding carboxylic acids is 1. The highest BCUT2D eigenvalue weighted by atomic mass is 35.5. The second-order valence-electron chi connectivity index (χ2n) is 7.89. The highest BCUT2D eigenvalue weighted by Gasteiger charge is 2.29. The fourth-order valence-corrected chi connectivity index (χ4v) is 3.92. The first kappa shape index (κ1) is 25.2. The summed E-state index contributed by atoms with van der Waals surface area (Å²) in [7, 11) is 1.63. The van der Waals surface area contributed by atoms with Gasteiger partial charge in [-0.05, 0) is 41.8 Å². The Morgan fingerprint density at radius 3 is 2.52 bits per heavy atom. The number of amides is 1. The van der Waals surface area contributed by atoms with Gasteiger partial charge in [0.25, 0.3) is 0 Å². The second kappa shape index (κ2) is 12.7. The third-order valence-electron chi connectivity index (χ3n) is 5.37. The topological polar surface area (TPSA) is 54.0 Å². The van der Waals surface area contributed by atoms with Gasteiger partial charge in [-0.3, -0.25) is 4.79 Å². The average molecular weight is 492 g/mol. The lowest BCUT2D eigenvalue weighted by atomic mass is 10.1. The van der Waals surface area contributed by atoms with Gasteiger partial charge in [0.2, 0.25) is 5.91 Å². The fourth-order valence-electron chi connectivity index (χ4n) is 3.45. The SMILES string of the molecule is CCCCOC(c1ccc(Cl)cc1)C(Cl)N1C=CN(CC(=O)NCc2ccc(OC)cc2)C1. The van der Waals surface area contributed by atoms with Crippen molar-refractivity contribution < 1.29 is 14.3 Å². The van der Waals surface area contributed by atoms with Gasteiger partial charge in [-0.15, -0.1) is 0 Å². The highest BCUT2D eigenvalue weighted by molar-refractivity contribution is 6.30. The van der Waals surface area contributed by atoms with Gasteiger partial charge < -0.3 is 24.6 Å². The summed E-state index contributed by atoms with van der Waals surface area (Å²) in [5.74, 6) is 0.732. The van der Waals surface area contributed by atoms with E-state index in [4.69, 9.17) is 32.7 Å². The molecule has 0 fully saturated rings. The van der Waals surface area contributed by atoms with Gasteiger partial charge in [-0.25, -0.2) is 0 Å². The summed E-state index contributed by atoms with van der Waals surface area (Å²) in [6.07, 6.45) is 5.48. The van der Waals surface area contributed by atoms with Crippen LogP contribution < -0.4 is 10.1 Å². The molecule has 33 heavy (non-hydrogen) atoms. The van der Waals surface area contributed by atoms with E-state index in [1.807, 2.05) is 70.7 Å². The smallest absolute Gasteiger partial charge is 0.239 e. The molecule has 6 nitrogen and oxygen atoms in total. The molecule has 2 aromatic carbocycles. The molecule has 0 saturated carbocycles. The van der Waals surface area contributed by atoms with E-state index in [0.29, 0.717) is 24.8 Å². The molecule has 3 rings (SSSR count). The molecule has 1 N–H and O–H groups in total. The maximum atomic E-state index is 12.4. The highest BCUT2D eigenvalue weighted by Crippen LogP contribution is 2.31. The number of nitrogens with zero attached hydrogens (tertiary/aromatic N) is 2. The molecule has 8 heteroatoms. The predicted molar refractivity (Wildman–Crippen MR) is 132 cm³/mol. The summed E-state index contributed by atoms with van der Waals surface area (Å²) < 4.78 is 11.3. The molecule has 2 atom stereocenters. The molecule has 0 spiro atoms. The molecule has 0 bridgehead atoms. The van der Waals surface area contributed by atoms with E-state index in [0.717, 1.165) is 29.7 Å². The van der Waals surface area contributed by atoms with Crippen LogP contribution in [-0.4, -0.2) is 48.1 Å². The number of carbonyl (C=O) groups is 1. The van der Waals surface area contributed by atoms with Crippen molar-refractivity contribution in [3.8, 4) is 5.75 Å². The Labute approximate surface area is 206 Å². The van der Waals surface area contributed by atoms with Crippen molar-refractivity contribution in [2.75, 3.05) is 26.9 Å². The lowest BCUT2D eigenvalue weighted by Crippen LogP contribution is -2.39. The summed E-state index contributed by atoms with van der Waals surface area (Å²) in [6, 6.07) is 15.2. The summed E-state index contributed by atoms with van der Waals surface area (Å²) in [5, 5.41) is 3.62. The van der Waals surface area contributed by atoms with E-state index in [1.165, 1.54) is 0 Å². The lowest BCUT2D eigenvalue weighted by Gasteiger charge is -2.31. The van der Waals surface area contributed by atoms with Gasteiger partial charge >= 0.3 is 0 Å². The van der Waals surface area contributed by atoms with E-state index < -0.39 is 5.50 Å². The van der Waals surface area contributed by atoms with E-state index in [9.17, 15) is 4.79 Å². The summed E-state index contributed by atoms with van der Waals surface area (Å²) in [6.45, 7) is 3.97. The van der Waals surface area contributed by atoms with Crippen molar-refractivity contribution in [1.29, 1.82) is 0 Å². The van der Waals surface area contributed by atoms with Crippen LogP contribution in [0.4, 0.5) is 0 Å². The van der Waals surface area contributed by atoms with E-state index in [-0.39, 0.29) is 18.6 Å². The molecule has 1 heterocycles. The maximum Gasteiger partial charge on any atom is 0.239 e. The van der Waals surface area contributed by atoms with Crippen LogP contribution in [0.2, 0.25) is 5.02 Å². The van der Waals surface area contributed by atoms with E-state index in [2.05, 4.69) is 12.2 Å². The number of hydrogen-bond acceptors (Lipinski definition) is 5. The lowest BCUT2D eigenvalue weighted by molar-refractivity contribution is -0.122. The quantitative estimate of drug-likeness (QED) is 0.253. The van der Waals surface area contributed by atoms with Gasteiger partial charge in [0.15, 0.2) is 0 Å². The van der Waals surface area contributed by atoms with Crippen molar-refractivity contribution in [3.05, 3.63) is 77.1 Å². The number of benzene rings is 2. The molecule has 0 saturated heterocycles. The molecule has 1 aliphatic heterocycles. The van der Waals surface area contributed by atoms with Crippen molar-refractivity contribution in [3.63, 3.8) is 0 Å². The Balaban J connectivity index is 1.52. The molecular weight excluding hydrogens is 461 g/mol. The van der Waals surface area contributed by atoms with Crippen LogP contribution in [0, 0.1) is 0 Å². The Hall–Kier alpha value is -2.41. The number of ether oxygens (including phenoxy) is 2. The minimum atomic E-state index is -0.424. The van der Waals surface area contributed by atoms with E-state index in [1.54, 1.807) is 7.11 Å². The van der Waals surface area contributed by atoms with Crippen molar-refractivity contribution in [2.24, 2.45) is 0 Å². The Kier molecular flexibility index (Phi) is 9.73. The number of nitrogens with one attached hydrogen (secondary N) is 1. The van der Waals surface area contributed by atoms with Gasteiger partial charge in [0.1, 0.15) is 17.4 Å². The van der Waals surface area contributed by atoms with Gasteiger partial charge in [0.05, 0.1) is 20.3 Å².